The van der Waals surface area contributed by atoms with E-state index in [-0.39, 0.29) is 0 Å². The van der Waals surface area contributed by atoms with Crippen LogP contribution in [0.4, 0.5) is 0 Å². The zero-order valence-electron chi connectivity index (χ0n) is 9.96. The molecule has 0 rings (SSSR count). The Labute approximate surface area is 92.8 Å². The molecule has 15 heavy (non-hydrogen) atoms. The van der Waals surface area contributed by atoms with Crippen LogP contribution in [0.3, 0.4) is 0 Å². The molecule has 0 saturated carbocycles. The highest BCUT2D eigenvalue weighted by atomic mass is 16.4. The Morgan fingerprint density at radius 1 is 1.07 bits per heavy atom. The second-order valence-corrected chi connectivity index (χ2v) is 3.60. The van der Waals surface area contributed by atoms with E-state index in [4.69, 9.17) is 15.0 Å². The first kappa shape index (κ1) is 16.4. The Hall–Kier alpha value is -0.990. The van der Waals surface area contributed by atoms with Crippen molar-refractivity contribution in [1.29, 1.82) is 0 Å². The van der Waals surface area contributed by atoms with Crippen LogP contribution in [-0.2, 0) is 4.79 Å². The van der Waals surface area contributed by atoms with E-state index in [0.717, 1.165) is 19.8 Å². The fourth-order valence-corrected chi connectivity index (χ4v) is 1.11. The molecule has 0 amide bonds. The average Bonchev–Trinajstić information content (AvgIpc) is 2.09. The number of hydrogen-bond donors (Lipinski definition) is 2. The number of aliphatic carboxylic acids is 1. The topological polar surface area (TPSA) is 57.5 Å². The van der Waals surface area contributed by atoms with Gasteiger partial charge >= 0.3 is 0 Å². The van der Waals surface area contributed by atoms with Gasteiger partial charge < -0.3 is 10.2 Å². The van der Waals surface area contributed by atoms with Crippen LogP contribution in [0.5, 0.6) is 0 Å². The molecule has 3 heteroatoms. The van der Waals surface area contributed by atoms with Gasteiger partial charge in [-0.3, -0.25) is 4.79 Å². The number of unbranched alkanes of at least 4 members (excludes halogenated alkanes) is 5. The molecule has 0 radical (unpaired) electrons. The van der Waals surface area contributed by atoms with Crippen LogP contribution in [-0.4, -0.2) is 16.2 Å². The van der Waals surface area contributed by atoms with Crippen LogP contribution >= 0.6 is 0 Å². The molecule has 0 aromatic carbocycles. The SMILES string of the molecule is C=C(O)CCCCCCCC.CC(=O)O. The normalized spacial score (nSPS) is 8.93. The van der Waals surface area contributed by atoms with Gasteiger partial charge in [0.15, 0.2) is 0 Å². The third kappa shape index (κ3) is 32.1. The summed E-state index contributed by atoms with van der Waals surface area (Å²) in [6.45, 7) is 6.75. The summed E-state index contributed by atoms with van der Waals surface area (Å²) in [6, 6.07) is 0. The molecule has 0 aliphatic heterocycles. The summed E-state index contributed by atoms with van der Waals surface area (Å²) in [5, 5.41) is 16.2. The number of aliphatic hydroxyl groups excluding tert-OH is 1. The van der Waals surface area contributed by atoms with Crippen molar-refractivity contribution < 1.29 is 15.0 Å². The van der Waals surface area contributed by atoms with E-state index in [0.29, 0.717) is 5.76 Å². The molecule has 0 bridgehead atoms. The molecule has 90 valence electrons. The Balaban J connectivity index is 0. The Kier molecular flexibility index (Phi) is 14.3. The number of allylic oxidation sites excluding steroid dienone is 1. The molecule has 0 aromatic heterocycles. The van der Waals surface area contributed by atoms with Crippen molar-refractivity contribution in [3.05, 3.63) is 12.3 Å². The van der Waals surface area contributed by atoms with Crippen molar-refractivity contribution >= 4 is 5.97 Å². The summed E-state index contributed by atoms with van der Waals surface area (Å²) in [7, 11) is 0. The zero-order chi connectivity index (χ0) is 12.1. The van der Waals surface area contributed by atoms with Crippen molar-refractivity contribution in [2.24, 2.45) is 0 Å². The first-order chi connectivity index (χ1) is 7.00. The number of aliphatic hydroxyl groups is 1. The van der Waals surface area contributed by atoms with Crippen molar-refractivity contribution in [2.45, 2.75) is 58.8 Å². The molecular formula is C12H24O3. The van der Waals surface area contributed by atoms with Crippen LogP contribution in [0.1, 0.15) is 58.8 Å². The summed E-state index contributed by atoms with van der Waals surface area (Å²) >= 11 is 0. The second-order valence-electron chi connectivity index (χ2n) is 3.60. The highest BCUT2D eigenvalue weighted by molar-refractivity contribution is 5.62. The molecule has 0 aromatic rings. The van der Waals surface area contributed by atoms with Crippen molar-refractivity contribution in [1.82, 2.24) is 0 Å². The molecule has 3 nitrogen and oxygen atoms in total. The smallest absolute Gasteiger partial charge is 0.300 e. The largest absolute Gasteiger partial charge is 0.513 e. The maximum absolute atomic E-state index is 9.00. The van der Waals surface area contributed by atoms with Crippen molar-refractivity contribution in [3.8, 4) is 0 Å². The summed E-state index contributed by atoms with van der Waals surface area (Å²) in [4.78, 5) is 9.00. The van der Waals surface area contributed by atoms with E-state index in [1.807, 2.05) is 0 Å². The van der Waals surface area contributed by atoms with Crippen LogP contribution in [0.15, 0.2) is 12.3 Å². The van der Waals surface area contributed by atoms with E-state index in [9.17, 15) is 0 Å². The molecular weight excluding hydrogens is 192 g/mol. The Bertz CT molecular complexity index is 160. The zero-order valence-corrected chi connectivity index (χ0v) is 9.96. The van der Waals surface area contributed by atoms with Crippen molar-refractivity contribution in [2.75, 3.05) is 0 Å². The van der Waals surface area contributed by atoms with E-state index < -0.39 is 5.97 Å². The molecule has 0 aliphatic rings. The second kappa shape index (κ2) is 13.0. The summed E-state index contributed by atoms with van der Waals surface area (Å²) in [5.41, 5.74) is 0. The molecule has 0 heterocycles. The standard InChI is InChI=1S/C10H20O.C2H4O2/c1-3-4-5-6-7-8-9-10(2)11;1-2(3)4/h11H,2-9H2,1H3;1H3,(H,3,4). The van der Waals surface area contributed by atoms with Gasteiger partial charge in [0, 0.05) is 13.3 Å². The average molecular weight is 216 g/mol. The van der Waals surface area contributed by atoms with E-state index in [1.54, 1.807) is 0 Å². The lowest BCUT2D eigenvalue weighted by Crippen LogP contribution is -1.81. The molecule has 0 atom stereocenters. The first-order valence-corrected chi connectivity index (χ1v) is 5.57. The molecule has 0 fully saturated rings. The molecule has 0 aliphatic carbocycles. The lowest BCUT2D eigenvalue weighted by atomic mass is 10.1. The number of carboxylic acids is 1. The molecule has 0 saturated heterocycles. The van der Waals surface area contributed by atoms with Gasteiger partial charge in [0.05, 0.1) is 5.76 Å². The monoisotopic (exact) mass is 216 g/mol. The number of rotatable bonds is 7. The number of carbonyl (C=O) groups is 1. The number of hydrogen-bond acceptors (Lipinski definition) is 2. The molecule has 0 unspecified atom stereocenters. The highest BCUT2D eigenvalue weighted by Crippen LogP contribution is 2.08. The molecule has 2 N–H and O–H groups in total. The summed E-state index contributed by atoms with van der Waals surface area (Å²) in [5.74, 6) is -0.500. The van der Waals surface area contributed by atoms with Crippen LogP contribution < -0.4 is 0 Å². The minimum atomic E-state index is -0.833. The van der Waals surface area contributed by atoms with Gasteiger partial charge in [-0.25, -0.2) is 0 Å². The first-order valence-electron chi connectivity index (χ1n) is 5.57. The minimum absolute atomic E-state index is 0.334. The van der Waals surface area contributed by atoms with E-state index in [2.05, 4.69) is 13.5 Å². The predicted molar refractivity (Wildman–Crippen MR) is 63.1 cm³/mol. The Morgan fingerprint density at radius 2 is 1.47 bits per heavy atom. The van der Waals surface area contributed by atoms with Gasteiger partial charge in [0.2, 0.25) is 0 Å². The lowest BCUT2D eigenvalue weighted by molar-refractivity contribution is -0.134. The van der Waals surface area contributed by atoms with Gasteiger partial charge in [-0.2, -0.15) is 0 Å². The van der Waals surface area contributed by atoms with Crippen LogP contribution in [0.2, 0.25) is 0 Å². The number of carboxylic acid groups (broad SMARTS) is 1. The maximum atomic E-state index is 9.00. The lowest BCUT2D eigenvalue weighted by Gasteiger charge is -1.98. The van der Waals surface area contributed by atoms with E-state index >= 15 is 0 Å². The Morgan fingerprint density at radius 3 is 1.87 bits per heavy atom. The summed E-state index contributed by atoms with van der Waals surface area (Å²) in [6.07, 6.45) is 8.41. The minimum Gasteiger partial charge on any atom is -0.513 e. The third-order valence-corrected chi connectivity index (χ3v) is 1.82. The van der Waals surface area contributed by atoms with Crippen molar-refractivity contribution in [3.63, 3.8) is 0 Å². The fourth-order valence-electron chi connectivity index (χ4n) is 1.11. The van der Waals surface area contributed by atoms with Gasteiger partial charge in [-0.15, -0.1) is 0 Å². The quantitative estimate of drug-likeness (QED) is 0.501. The summed E-state index contributed by atoms with van der Waals surface area (Å²) < 4.78 is 0. The van der Waals surface area contributed by atoms with Gasteiger partial charge in [-0.1, -0.05) is 45.6 Å². The highest BCUT2D eigenvalue weighted by Gasteiger charge is 1.91. The van der Waals surface area contributed by atoms with Crippen LogP contribution in [0.25, 0.3) is 0 Å². The van der Waals surface area contributed by atoms with Crippen LogP contribution in [0, 0.1) is 0 Å². The van der Waals surface area contributed by atoms with Gasteiger partial charge in [-0.05, 0) is 6.42 Å². The maximum Gasteiger partial charge on any atom is 0.300 e. The third-order valence-electron chi connectivity index (χ3n) is 1.82. The van der Waals surface area contributed by atoms with Gasteiger partial charge in [0.1, 0.15) is 0 Å². The van der Waals surface area contributed by atoms with Gasteiger partial charge in [0.25, 0.3) is 5.97 Å². The molecule has 0 spiro atoms. The fraction of sp³-hybridized carbons (Fsp3) is 0.750. The van der Waals surface area contributed by atoms with E-state index in [1.165, 1.54) is 32.1 Å². The predicted octanol–water partition coefficient (Wildman–Crippen LogP) is 3.90.